The van der Waals surface area contributed by atoms with Gasteiger partial charge in [-0.1, -0.05) is 0 Å². The number of nitrogens with one attached hydrogen (secondary N) is 2. The molecular formula is C13H18ClN3O2S. The van der Waals surface area contributed by atoms with Crippen LogP contribution < -0.4 is 10.6 Å². The van der Waals surface area contributed by atoms with Crippen LogP contribution in [0.15, 0.2) is 18.2 Å². The summed E-state index contributed by atoms with van der Waals surface area (Å²) in [7, 11) is 1.63. The second kappa shape index (κ2) is 8.16. The fraction of sp³-hybridized carbons (Fsp3) is 0.385. The van der Waals surface area contributed by atoms with Crippen molar-refractivity contribution >= 4 is 45.6 Å². The normalized spacial score (nSPS) is 10.3. The number of hydrogen-bond donors (Lipinski definition) is 2. The highest BCUT2D eigenvalue weighted by Crippen LogP contribution is 2.24. The van der Waals surface area contributed by atoms with Crippen LogP contribution >= 0.6 is 23.7 Å². The molecule has 2 aromatic rings. The van der Waals surface area contributed by atoms with Crippen LogP contribution in [-0.2, 0) is 9.53 Å². The third-order valence-corrected chi connectivity index (χ3v) is 3.48. The van der Waals surface area contributed by atoms with Gasteiger partial charge in [-0.05, 0) is 25.1 Å². The smallest absolute Gasteiger partial charge is 0.238 e. The Hall–Kier alpha value is -1.21. The van der Waals surface area contributed by atoms with E-state index in [9.17, 15) is 4.79 Å². The lowest BCUT2D eigenvalue weighted by atomic mass is 10.3. The molecule has 0 aliphatic carbocycles. The number of anilines is 1. The van der Waals surface area contributed by atoms with Crippen LogP contribution in [0, 0.1) is 6.92 Å². The van der Waals surface area contributed by atoms with Gasteiger partial charge in [0.05, 0.1) is 28.4 Å². The third kappa shape index (κ3) is 4.72. The highest BCUT2D eigenvalue weighted by atomic mass is 35.5. The maximum absolute atomic E-state index is 11.7. The standard InChI is InChI=1S/C13H17N3O2S.ClH/c1-9-15-11-4-3-10(7-12(11)19-9)16-13(17)8-14-5-6-18-2;/h3-4,7,14H,5-6,8H2,1-2H3,(H,16,17);1H. The molecule has 1 heterocycles. The van der Waals surface area contributed by atoms with Gasteiger partial charge in [-0.2, -0.15) is 0 Å². The molecule has 1 amide bonds. The lowest BCUT2D eigenvalue weighted by molar-refractivity contribution is -0.115. The molecule has 0 unspecified atom stereocenters. The largest absolute Gasteiger partial charge is 0.383 e. The molecule has 1 aromatic heterocycles. The molecule has 20 heavy (non-hydrogen) atoms. The zero-order chi connectivity index (χ0) is 13.7. The van der Waals surface area contributed by atoms with Crippen LogP contribution in [0.5, 0.6) is 0 Å². The molecule has 0 bridgehead atoms. The number of nitrogens with zero attached hydrogens (tertiary/aromatic N) is 1. The van der Waals surface area contributed by atoms with E-state index in [4.69, 9.17) is 4.74 Å². The number of carbonyl (C=O) groups excluding carboxylic acids is 1. The molecule has 0 radical (unpaired) electrons. The van der Waals surface area contributed by atoms with Crippen molar-refractivity contribution < 1.29 is 9.53 Å². The van der Waals surface area contributed by atoms with Gasteiger partial charge >= 0.3 is 0 Å². The molecule has 0 aliphatic heterocycles. The van der Waals surface area contributed by atoms with Gasteiger partial charge in [0.1, 0.15) is 0 Å². The number of benzene rings is 1. The maximum Gasteiger partial charge on any atom is 0.238 e. The lowest BCUT2D eigenvalue weighted by Crippen LogP contribution is -2.30. The first-order chi connectivity index (χ1) is 9.19. The van der Waals surface area contributed by atoms with Crippen LogP contribution in [0.4, 0.5) is 5.69 Å². The van der Waals surface area contributed by atoms with E-state index in [0.717, 1.165) is 20.9 Å². The SMILES string of the molecule is COCCNCC(=O)Nc1ccc2nc(C)sc2c1.Cl. The molecule has 0 fully saturated rings. The van der Waals surface area contributed by atoms with Crippen LogP contribution in [0.3, 0.4) is 0 Å². The molecule has 110 valence electrons. The quantitative estimate of drug-likeness (QED) is 0.802. The monoisotopic (exact) mass is 315 g/mol. The van der Waals surface area contributed by atoms with E-state index in [2.05, 4.69) is 15.6 Å². The molecule has 0 atom stereocenters. The number of carbonyl (C=O) groups is 1. The number of aryl methyl sites for hydroxylation is 1. The second-order valence-corrected chi connectivity index (χ2v) is 5.37. The minimum Gasteiger partial charge on any atom is -0.383 e. The van der Waals surface area contributed by atoms with E-state index < -0.39 is 0 Å². The molecule has 5 nitrogen and oxygen atoms in total. The molecule has 2 rings (SSSR count). The number of fused-ring (bicyclic) bond motifs is 1. The molecule has 0 aliphatic rings. The Balaban J connectivity index is 0.00000200. The van der Waals surface area contributed by atoms with Crippen molar-refractivity contribution in [2.24, 2.45) is 0 Å². The van der Waals surface area contributed by atoms with Crippen LogP contribution in [0.1, 0.15) is 5.01 Å². The Morgan fingerprint density at radius 3 is 3.00 bits per heavy atom. The van der Waals surface area contributed by atoms with Crippen LogP contribution in [0.25, 0.3) is 10.2 Å². The van der Waals surface area contributed by atoms with E-state index in [1.165, 1.54) is 0 Å². The van der Waals surface area contributed by atoms with Crippen molar-refractivity contribution in [1.82, 2.24) is 10.3 Å². The summed E-state index contributed by atoms with van der Waals surface area (Å²) in [6.45, 7) is 3.52. The molecule has 0 saturated heterocycles. The second-order valence-electron chi connectivity index (χ2n) is 4.13. The first-order valence-electron chi connectivity index (χ1n) is 6.06. The fourth-order valence-corrected chi connectivity index (χ4v) is 2.57. The molecule has 7 heteroatoms. The summed E-state index contributed by atoms with van der Waals surface area (Å²) in [6, 6.07) is 5.74. The Morgan fingerprint density at radius 2 is 2.25 bits per heavy atom. The summed E-state index contributed by atoms with van der Waals surface area (Å²) in [6.07, 6.45) is 0. The van der Waals surface area contributed by atoms with Gasteiger partial charge < -0.3 is 15.4 Å². The minimum atomic E-state index is -0.0586. The Bertz CT molecular complexity index is 574. The number of halogens is 1. The Labute approximate surface area is 128 Å². The van der Waals surface area contributed by atoms with E-state index in [-0.39, 0.29) is 24.9 Å². The van der Waals surface area contributed by atoms with E-state index >= 15 is 0 Å². The van der Waals surface area contributed by atoms with Crippen molar-refractivity contribution in [3.63, 3.8) is 0 Å². The number of thiazole rings is 1. The predicted molar refractivity (Wildman–Crippen MR) is 85.0 cm³/mol. The van der Waals surface area contributed by atoms with Gasteiger partial charge in [-0.15, -0.1) is 23.7 Å². The van der Waals surface area contributed by atoms with E-state index in [0.29, 0.717) is 13.2 Å². The zero-order valence-electron chi connectivity index (χ0n) is 11.4. The topological polar surface area (TPSA) is 63.2 Å². The Kier molecular flexibility index (Phi) is 6.87. The van der Waals surface area contributed by atoms with Crippen LogP contribution in [0.2, 0.25) is 0 Å². The average molecular weight is 316 g/mol. The number of rotatable bonds is 6. The first kappa shape index (κ1) is 16.8. The predicted octanol–water partition coefficient (Wildman–Crippen LogP) is 2.20. The summed E-state index contributed by atoms with van der Waals surface area (Å²) in [4.78, 5) is 16.1. The molecule has 1 aromatic carbocycles. The van der Waals surface area contributed by atoms with Gasteiger partial charge in [-0.3, -0.25) is 4.79 Å². The van der Waals surface area contributed by atoms with Gasteiger partial charge in [0, 0.05) is 19.3 Å². The van der Waals surface area contributed by atoms with Gasteiger partial charge in [0.25, 0.3) is 0 Å². The van der Waals surface area contributed by atoms with E-state index in [1.54, 1.807) is 18.4 Å². The van der Waals surface area contributed by atoms with Crippen molar-refractivity contribution in [3.05, 3.63) is 23.2 Å². The zero-order valence-corrected chi connectivity index (χ0v) is 13.1. The van der Waals surface area contributed by atoms with Crippen molar-refractivity contribution in [1.29, 1.82) is 0 Å². The summed E-state index contributed by atoms with van der Waals surface area (Å²) in [5.41, 5.74) is 1.77. The highest BCUT2D eigenvalue weighted by Gasteiger charge is 2.05. The minimum absolute atomic E-state index is 0. The van der Waals surface area contributed by atoms with Gasteiger partial charge in [0.2, 0.25) is 5.91 Å². The third-order valence-electron chi connectivity index (χ3n) is 2.55. The molecular weight excluding hydrogens is 298 g/mol. The average Bonchev–Trinajstić information content (AvgIpc) is 2.74. The number of aromatic nitrogens is 1. The van der Waals surface area contributed by atoms with Crippen molar-refractivity contribution in [3.8, 4) is 0 Å². The highest BCUT2D eigenvalue weighted by molar-refractivity contribution is 7.18. The summed E-state index contributed by atoms with van der Waals surface area (Å²) < 4.78 is 5.98. The fourth-order valence-electron chi connectivity index (χ4n) is 1.70. The Morgan fingerprint density at radius 1 is 1.45 bits per heavy atom. The number of hydrogen-bond acceptors (Lipinski definition) is 5. The molecule has 0 spiro atoms. The van der Waals surface area contributed by atoms with Gasteiger partial charge in [0.15, 0.2) is 0 Å². The number of ether oxygens (including phenoxy) is 1. The van der Waals surface area contributed by atoms with Crippen LogP contribution in [-0.4, -0.2) is 37.7 Å². The van der Waals surface area contributed by atoms with Gasteiger partial charge in [-0.25, -0.2) is 4.98 Å². The van der Waals surface area contributed by atoms with E-state index in [1.807, 2.05) is 25.1 Å². The molecule has 0 saturated carbocycles. The first-order valence-corrected chi connectivity index (χ1v) is 6.87. The van der Waals surface area contributed by atoms with Crippen molar-refractivity contribution in [2.45, 2.75) is 6.92 Å². The summed E-state index contributed by atoms with van der Waals surface area (Å²) in [5, 5.41) is 6.89. The summed E-state index contributed by atoms with van der Waals surface area (Å²) in [5.74, 6) is -0.0586. The maximum atomic E-state index is 11.7. The molecule has 2 N–H and O–H groups in total. The van der Waals surface area contributed by atoms with Crippen molar-refractivity contribution in [2.75, 3.05) is 32.1 Å². The lowest BCUT2D eigenvalue weighted by Gasteiger charge is -2.06. The number of amides is 1. The number of methoxy groups -OCH3 is 1. The summed E-state index contributed by atoms with van der Waals surface area (Å²) >= 11 is 1.62.